The molecule has 0 amide bonds. The Labute approximate surface area is 135 Å². The van der Waals surface area contributed by atoms with Crippen LogP contribution in [0.4, 0.5) is 0 Å². The zero-order valence-electron chi connectivity index (χ0n) is 13.6. The third kappa shape index (κ3) is 2.51. The summed E-state index contributed by atoms with van der Waals surface area (Å²) in [6.07, 6.45) is 8.79. The maximum Gasteiger partial charge on any atom is 0.119 e. The number of likely N-dealkylation sites (tertiary alicyclic amines) is 1. The molecule has 1 unspecified atom stereocenters. The molecule has 5 nitrogen and oxygen atoms in total. The lowest BCUT2D eigenvalue weighted by atomic mass is 9.99. The second-order valence-electron chi connectivity index (χ2n) is 6.25. The van der Waals surface area contributed by atoms with Gasteiger partial charge in [0.05, 0.1) is 19.3 Å². The van der Waals surface area contributed by atoms with Gasteiger partial charge in [-0.1, -0.05) is 0 Å². The number of aryl methyl sites for hydroxylation is 1. The van der Waals surface area contributed by atoms with Gasteiger partial charge in [0.1, 0.15) is 5.75 Å². The highest BCUT2D eigenvalue weighted by Crippen LogP contribution is 2.36. The molecule has 1 aromatic carbocycles. The monoisotopic (exact) mass is 310 g/mol. The molecule has 2 aromatic heterocycles. The normalized spacial score (nSPS) is 17.0. The number of ether oxygens (including phenoxy) is 1. The van der Waals surface area contributed by atoms with Crippen molar-refractivity contribution in [1.29, 1.82) is 0 Å². The molecule has 1 aliphatic rings. The molecule has 0 radical (unpaired) electrons. The predicted octanol–water partition coefficient (Wildman–Crippen LogP) is 3.10. The Morgan fingerprint density at radius 1 is 1.26 bits per heavy atom. The topological polar surface area (TPSA) is 46.1 Å². The third-order valence-corrected chi connectivity index (χ3v) is 4.76. The van der Waals surface area contributed by atoms with Gasteiger partial charge < -0.3 is 9.72 Å². The lowest BCUT2D eigenvalue weighted by Gasteiger charge is -2.26. The first kappa shape index (κ1) is 14.3. The first-order chi connectivity index (χ1) is 11.3. The van der Waals surface area contributed by atoms with Crippen molar-refractivity contribution in [2.75, 3.05) is 20.2 Å². The number of hydrogen-bond donors (Lipinski definition) is 1. The number of nitrogens with one attached hydrogen (secondary N) is 1. The number of nitrogens with zero attached hydrogens (tertiary/aromatic N) is 3. The Kier molecular flexibility index (Phi) is 3.58. The maximum absolute atomic E-state index is 5.42. The summed E-state index contributed by atoms with van der Waals surface area (Å²) in [7, 11) is 3.69. The number of rotatable bonds is 4. The molecule has 1 atom stereocenters. The summed E-state index contributed by atoms with van der Waals surface area (Å²) in [6, 6.07) is 6.45. The molecular weight excluding hydrogens is 288 g/mol. The van der Waals surface area contributed by atoms with Crippen LogP contribution in [0.15, 0.2) is 36.8 Å². The number of hydrogen-bond acceptors (Lipinski definition) is 3. The maximum atomic E-state index is 5.42. The van der Waals surface area contributed by atoms with Crippen molar-refractivity contribution in [1.82, 2.24) is 19.7 Å². The summed E-state index contributed by atoms with van der Waals surface area (Å²) in [5.41, 5.74) is 3.70. The van der Waals surface area contributed by atoms with Gasteiger partial charge in [-0.05, 0) is 49.7 Å². The van der Waals surface area contributed by atoms with Gasteiger partial charge in [-0.25, -0.2) is 0 Å². The molecule has 0 aliphatic carbocycles. The van der Waals surface area contributed by atoms with E-state index < -0.39 is 0 Å². The lowest BCUT2D eigenvalue weighted by molar-refractivity contribution is 0.282. The van der Waals surface area contributed by atoms with E-state index in [1.54, 1.807) is 7.11 Å². The van der Waals surface area contributed by atoms with Gasteiger partial charge in [0.2, 0.25) is 0 Å². The Hall–Kier alpha value is -2.27. The number of benzene rings is 1. The van der Waals surface area contributed by atoms with Crippen LogP contribution in [0.3, 0.4) is 0 Å². The van der Waals surface area contributed by atoms with Gasteiger partial charge in [-0.2, -0.15) is 5.10 Å². The van der Waals surface area contributed by atoms with Crippen molar-refractivity contribution in [3.05, 3.63) is 47.9 Å². The number of H-pyrrole nitrogens is 1. The molecule has 120 valence electrons. The van der Waals surface area contributed by atoms with E-state index in [4.69, 9.17) is 4.74 Å². The van der Waals surface area contributed by atoms with Crippen molar-refractivity contribution in [2.24, 2.45) is 7.05 Å². The number of fused-ring (bicyclic) bond motifs is 1. The summed E-state index contributed by atoms with van der Waals surface area (Å²) in [6.45, 7) is 2.27. The van der Waals surface area contributed by atoms with Crippen LogP contribution in [0.5, 0.6) is 5.75 Å². The molecule has 5 heteroatoms. The minimum atomic E-state index is 0.243. The van der Waals surface area contributed by atoms with Gasteiger partial charge >= 0.3 is 0 Å². The van der Waals surface area contributed by atoms with Crippen molar-refractivity contribution in [2.45, 2.75) is 18.9 Å². The van der Waals surface area contributed by atoms with Gasteiger partial charge in [0.25, 0.3) is 0 Å². The van der Waals surface area contributed by atoms with E-state index in [2.05, 4.69) is 39.5 Å². The number of aromatic nitrogens is 3. The molecule has 3 heterocycles. The highest BCUT2D eigenvalue weighted by molar-refractivity contribution is 5.85. The van der Waals surface area contributed by atoms with Crippen LogP contribution in [0, 0.1) is 0 Å². The second-order valence-corrected chi connectivity index (χ2v) is 6.25. The molecule has 1 aliphatic heterocycles. The van der Waals surface area contributed by atoms with Crippen LogP contribution in [0.2, 0.25) is 0 Å². The number of methoxy groups -OCH3 is 1. The Bertz CT molecular complexity index is 813. The fraction of sp³-hybridized carbons (Fsp3) is 0.389. The summed E-state index contributed by atoms with van der Waals surface area (Å²) >= 11 is 0. The molecule has 0 saturated carbocycles. The van der Waals surface area contributed by atoms with E-state index in [0.29, 0.717) is 0 Å². The third-order valence-electron chi connectivity index (χ3n) is 4.76. The quantitative estimate of drug-likeness (QED) is 0.805. The SMILES string of the molecule is COc1ccc2[nH]cc(C(c3cnn(C)c3)N3CCCC3)c2c1. The molecule has 1 saturated heterocycles. The highest BCUT2D eigenvalue weighted by atomic mass is 16.5. The van der Waals surface area contributed by atoms with E-state index >= 15 is 0 Å². The molecular formula is C18H22N4O. The first-order valence-electron chi connectivity index (χ1n) is 8.14. The molecule has 3 aromatic rings. The van der Waals surface area contributed by atoms with Gasteiger partial charge in [0, 0.05) is 35.9 Å². The van der Waals surface area contributed by atoms with E-state index in [0.717, 1.165) is 24.4 Å². The van der Waals surface area contributed by atoms with Crippen LogP contribution in [0.1, 0.15) is 30.0 Å². The summed E-state index contributed by atoms with van der Waals surface area (Å²) in [5, 5.41) is 5.61. The van der Waals surface area contributed by atoms with Crippen LogP contribution < -0.4 is 4.74 Å². The molecule has 23 heavy (non-hydrogen) atoms. The Morgan fingerprint density at radius 2 is 2.09 bits per heavy atom. The molecule has 4 rings (SSSR count). The van der Waals surface area contributed by atoms with Crippen LogP contribution in [-0.2, 0) is 7.05 Å². The molecule has 0 spiro atoms. The second kappa shape index (κ2) is 5.74. The van der Waals surface area contributed by atoms with Crippen molar-refractivity contribution < 1.29 is 4.74 Å². The minimum Gasteiger partial charge on any atom is -0.497 e. The average Bonchev–Trinajstić information content (AvgIpc) is 3.30. The predicted molar refractivity (Wildman–Crippen MR) is 90.7 cm³/mol. The summed E-state index contributed by atoms with van der Waals surface area (Å²) in [4.78, 5) is 5.97. The molecule has 0 bridgehead atoms. The van der Waals surface area contributed by atoms with E-state index in [1.165, 1.54) is 29.4 Å². The first-order valence-corrected chi connectivity index (χ1v) is 8.14. The van der Waals surface area contributed by atoms with E-state index in [9.17, 15) is 0 Å². The van der Waals surface area contributed by atoms with Crippen molar-refractivity contribution in [3.63, 3.8) is 0 Å². The lowest BCUT2D eigenvalue weighted by Crippen LogP contribution is -2.26. The Morgan fingerprint density at radius 3 is 2.78 bits per heavy atom. The molecule has 1 N–H and O–H groups in total. The van der Waals surface area contributed by atoms with Gasteiger partial charge in [0.15, 0.2) is 0 Å². The van der Waals surface area contributed by atoms with Crippen LogP contribution in [0.25, 0.3) is 10.9 Å². The zero-order valence-corrected chi connectivity index (χ0v) is 13.6. The molecule has 1 fully saturated rings. The van der Waals surface area contributed by atoms with E-state index in [-0.39, 0.29) is 6.04 Å². The summed E-state index contributed by atoms with van der Waals surface area (Å²) < 4.78 is 7.30. The minimum absolute atomic E-state index is 0.243. The van der Waals surface area contributed by atoms with Crippen LogP contribution >= 0.6 is 0 Å². The van der Waals surface area contributed by atoms with Crippen molar-refractivity contribution >= 4 is 10.9 Å². The smallest absolute Gasteiger partial charge is 0.119 e. The van der Waals surface area contributed by atoms with Gasteiger partial charge in [-0.15, -0.1) is 0 Å². The fourth-order valence-corrected chi connectivity index (χ4v) is 3.64. The number of aromatic amines is 1. The van der Waals surface area contributed by atoms with E-state index in [1.807, 2.05) is 24.0 Å². The largest absolute Gasteiger partial charge is 0.497 e. The average molecular weight is 310 g/mol. The van der Waals surface area contributed by atoms with Crippen molar-refractivity contribution in [3.8, 4) is 5.75 Å². The summed E-state index contributed by atoms with van der Waals surface area (Å²) in [5.74, 6) is 0.893. The van der Waals surface area contributed by atoms with Gasteiger partial charge in [-0.3, -0.25) is 9.58 Å². The van der Waals surface area contributed by atoms with Crippen LogP contribution in [-0.4, -0.2) is 39.9 Å². The Balaban J connectivity index is 1.85. The fourth-order valence-electron chi connectivity index (χ4n) is 3.64. The highest BCUT2D eigenvalue weighted by Gasteiger charge is 2.28. The standard InChI is InChI=1S/C18H22N4O/c1-21-12-13(10-20-21)18(22-7-3-4-8-22)16-11-19-17-6-5-14(23-2)9-15(16)17/h5-6,9-12,18-19H,3-4,7-8H2,1-2H3. The zero-order chi connectivity index (χ0) is 15.8.